The van der Waals surface area contributed by atoms with E-state index in [1.165, 1.54) is 22.5 Å². The van der Waals surface area contributed by atoms with E-state index >= 15 is 0 Å². The van der Waals surface area contributed by atoms with Crippen LogP contribution in [0.2, 0.25) is 0 Å². The number of rotatable bonds is 0. The van der Waals surface area contributed by atoms with E-state index in [-0.39, 0.29) is 0 Å². The van der Waals surface area contributed by atoms with E-state index in [1.54, 1.807) is 0 Å². The van der Waals surface area contributed by atoms with Crippen molar-refractivity contribution in [3.05, 3.63) is 29.3 Å². The second kappa shape index (κ2) is 2.74. The van der Waals surface area contributed by atoms with Crippen molar-refractivity contribution < 1.29 is 0 Å². The van der Waals surface area contributed by atoms with E-state index in [0.29, 0.717) is 0 Å². The Bertz CT molecular complexity index is 337. The summed E-state index contributed by atoms with van der Waals surface area (Å²) >= 11 is 0. The summed E-state index contributed by atoms with van der Waals surface area (Å²) in [5.74, 6) is 0. The summed E-state index contributed by atoms with van der Waals surface area (Å²) in [7, 11) is 0. The molecule has 0 unspecified atom stereocenters. The highest BCUT2D eigenvalue weighted by atomic mass is 14.8. The first-order valence-electron chi connectivity index (χ1n) is 4.39. The maximum absolute atomic E-state index is 4.50. The number of hydrogen-bond donors (Lipinski definition) is 0. The summed E-state index contributed by atoms with van der Waals surface area (Å²) < 4.78 is 0. The molecule has 1 aromatic rings. The number of benzene rings is 1. The highest BCUT2D eigenvalue weighted by Crippen LogP contribution is 2.26. The lowest BCUT2D eigenvalue weighted by Crippen LogP contribution is -2.01. The lowest BCUT2D eigenvalue weighted by Gasteiger charge is -2.12. The van der Waals surface area contributed by atoms with Crippen molar-refractivity contribution in [1.82, 2.24) is 0 Å². The molecule has 2 rings (SSSR count). The van der Waals surface area contributed by atoms with Crippen LogP contribution in [0.4, 0.5) is 5.69 Å². The fraction of sp³-hybridized carbons (Fsp3) is 0.364. The molecule has 0 aliphatic carbocycles. The van der Waals surface area contributed by atoms with Gasteiger partial charge in [0.05, 0.1) is 5.69 Å². The largest absolute Gasteiger partial charge is 0.258 e. The molecule has 0 amide bonds. The second-order valence-electron chi connectivity index (χ2n) is 3.48. The molecule has 0 fully saturated rings. The minimum absolute atomic E-state index is 1.12. The Morgan fingerprint density at radius 1 is 1.17 bits per heavy atom. The molecule has 62 valence electrons. The molecule has 1 heterocycles. The number of fused-ring (bicyclic) bond motifs is 1. The molecule has 1 heteroatoms. The zero-order valence-corrected chi connectivity index (χ0v) is 7.59. The third kappa shape index (κ3) is 1.27. The maximum Gasteiger partial charge on any atom is 0.0661 e. The SMILES string of the molecule is CC1=Nc2ccc(C)cc2CC1. The van der Waals surface area contributed by atoms with E-state index < -0.39 is 0 Å². The van der Waals surface area contributed by atoms with Crippen molar-refractivity contribution in [2.45, 2.75) is 26.7 Å². The predicted molar refractivity (Wildman–Crippen MR) is 52.3 cm³/mol. The van der Waals surface area contributed by atoms with Gasteiger partial charge in [-0.15, -0.1) is 0 Å². The van der Waals surface area contributed by atoms with Gasteiger partial charge in [0.15, 0.2) is 0 Å². The number of aliphatic imine (C=N–C) groups is 1. The Balaban J connectivity index is 2.51. The van der Waals surface area contributed by atoms with Gasteiger partial charge in [-0.1, -0.05) is 17.7 Å². The minimum Gasteiger partial charge on any atom is -0.258 e. The maximum atomic E-state index is 4.50. The van der Waals surface area contributed by atoms with Crippen molar-refractivity contribution in [1.29, 1.82) is 0 Å². The van der Waals surface area contributed by atoms with Crippen LogP contribution in [0.25, 0.3) is 0 Å². The van der Waals surface area contributed by atoms with Gasteiger partial charge in [-0.25, -0.2) is 0 Å². The van der Waals surface area contributed by atoms with Crippen LogP contribution in [0.5, 0.6) is 0 Å². The van der Waals surface area contributed by atoms with E-state index in [0.717, 1.165) is 12.8 Å². The van der Waals surface area contributed by atoms with Crippen LogP contribution >= 0.6 is 0 Å². The van der Waals surface area contributed by atoms with E-state index in [4.69, 9.17) is 0 Å². The second-order valence-corrected chi connectivity index (χ2v) is 3.48. The topological polar surface area (TPSA) is 12.4 Å². The zero-order chi connectivity index (χ0) is 8.55. The van der Waals surface area contributed by atoms with Crippen molar-refractivity contribution in [3.8, 4) is 0 Å². The summed E-state index contributed by atoms with van der Waals surface area (Å²) in [6, 6.07) is 6.49. The standard InChI is InChI=1S/C11H13N/c1-8-3-6-11-10(7-8)5-4-9(2)12-11/h3,6-7H,4-5H2,1-2H3. The summed E-state index contributed by atoms with van der Waals surface area (Å²) in [6.07, 6.45) is 2.28. The zero-order valence-electron chi connectivity index (χ0n) is 7.59. The van der Waals surface area contributed by atoms with Crippen LogP contribution in [-0.2, 0) is 6.42 Å². The molecule has 1 aliphatic rings. The normalized spacial score (nSPS) is 15.3. The van der Waals surface area contributed by atoms with Gasteiger partial charge in [-0.05, 0) is 38.3 Å². The van der Waals surface area contributed by atoms with Gasteiger partial charge in [0.1, 0.15) is 0 Å². The van der Waals surface area contributed by atoms with E-state index in [9.17, 15) is 0 Å². The fourth-order valence-electron chi connectivity index (χ4n) is 1.60. The molecule has 0 saturated heterocycles. The lowest BCUT2D eigenvalue weighted by atomic mass is 10.0. The smallest absolute Gasteiger partial charge is 0.0661 e. The quantitative estimate of drug-likeness (QED) is 0.551. The minimum atomic E-state index is 1.12. The van der Waals surface area contributed by atoms with Gasteiger partial charge in [0.25, 0.3) is 0 Å². The molecule has 1 aromatic carbocycles. The first kappa shape index (κ1) is 7.53. The molecule has 0 saturated carbocycles. The van der Waals surface area contributed by atoms with Crippen molar-refractivity contribution in [2.24, 2.45) is 4.99 Å². The number of hydrogen-bond acceptors (Lipinski definition) is 1. The summed E-state index contributed by atoms with van der Waals surface area (Å²) in [5.41, 5.74) is 5.17. The number of nitrogens with zero attached hydrogens (tertiary/aromatic N) is 1. The van der Waals surface area contributed by atoms with Crippen molar-refractivity contribution in [2.75, 3.05) is 0 Å². The van der Waals surface area contributed by atoms with Gasteiger partial charge in [-0.3, -0.25) is 4.99 Å². The third-order valence-corrected chi connectivity index (χ3v) is 2.30. The third-order valence-electron chi connectivity index (χ3n) is 2.30. The van der Waals surface area contributed by atoms with Gasteiger partial charge in [0, 0.05) is 5.71 Å². The average molecular weight is 159 g/mol. The van der Waals surface area contributed by atoms with Crippen LogP contribution in [0.3, 0.4) is 0 Å². The Morgan fingerprint density at radius 2 is 2.00 bits per heavy atom. The van der Waals surface area contributed by atoms with Gasteiger partial charge >= 0.3 is 0 Å². The van der Waals surface area contributed by atoms with E-state index in [1.807, 2.05) is 0 Å². The molecular formula is C11H13N. The summed E-state index contributed by atoms with van der Waals surface area (Å²) in [5, 5.41) is 0. The van der Waals surface area contributed by atoms with Gasteiger partial charge < -0.3 is 0 Å². The van der Waals surface area contributed by atoms with Crippen LogP contribution in [0.15, 0.2) is 23.2 Å². The highest BCUT2D eigenvalue weighted by Gasteiger charge is 2.07. The van der Waals surface area contributed by atoms with Crippen LogP contribution in [0.1, 0.15) is 24.5 Å². The number of aryl methyl sites for hydroxylation is 2. The van der Waals surface area contributed by atoms with Crippen LogP contribution < -0.4 is 0 Å². The van der Waals surface area contributed by atoms with Gasteiger partial charge in [-0.2, -0.15) is 0 Å². The molecule has 0 N–H and O–H groups in total. The predicted octanol–water partition coefficient (Wildman–Crippen LogP) is 3.03. The van der Waals surface area contributed by atoms with E-state index in [2.05, 4.69) is 37.0 Å². The molecule has 0 bridgehead atoms. The Morgan fingerprint density at radius 3 is 2.83 bits per heavy atom. The molecule has 0 spiro atoms. The monoisotopic (exact) mass is 159 g/mol. The van der Waals surface area contributed by atoms with Crippen molar-refractivity contribution in [3.63, 3.8) is 0 Å². The molecule has 0 radical (unpaired) electrons. The molecule has 12 heavy (non-hydrogen) atoms. The summed E-state index contributed by atoms with van der Waals surface area (Å²) in [4.78, 5) is 4.50. The Kier molecular flexibility index (Phi) is 1.72. The Hall–Kier alpha value is -1.11. The first-order chi connectivity index (χ1) is 5.75. The van der Waals surface area contributed by atoms with Crippen molar-refractivity contribution >= 4 is 11.4 Å². The van der Waals surface area contributed by atoms with Gasteiger partial charge in [0.2, 0.25) is 0 Å². The van der Waals surface area contributed by atoms with Crippen LogP contribution in [0, 0.1) is 6.92 Å². The summed E-state index contributed by atoms with van der Waals surface area (Å²) in [6.45, 7) is 4.23. The average Bonchev–Trinajstić information content (AvgIpc) is 2.05. The first-order valence-corrected chi connectivity index (χ1v) is 4.39. The molecule has 0 atom stereocenters. The van der Waals surface area contributed by atoms with Crippen LogP contribution in [-0.4, -0.2) is 5.71 Å². The Labute approximate surface area is 73.1 Å². The molecular weight excluding hydrogens is 146 g/mol. The molecule has 1 nitrogen and oxygen atoms in total. The molecule has 0 aromatic heterocycles. The highest BCUT2D eigenvalue weighted by molar-refractivity contribution is 5.87. The molecule has 1 aliphatic heterocycles. The lowest BCUT2D eigenvalue weighted by molar-refractivity contribution is 0.998. The fourth-order valence-corrected chi connectivity index (χ4v) is 1.60.